The van der Waals surface area contributed by atoms with E-state index in [1.54, 1.807) is 18.2 Å². The second-order valence-corrected chi connectivity index (χ2v) is 5.93. The topological polar surface area (TPSA) is 67.4 Å². The largest absolute Gasteiger partial charge is 0.478 e. The number of rotatable bonds is 3. The Labute approximate surface area is 128 Å². The molecule has 1 atom stereocenters. The highest BCUT2D eigenvalue weighted by Crippen LogP contribution is 2.32. The van der Waals surface area contributed by atoms with E-state index in [1.165, 1.54) is 0 Å². The minimum absolute atomic E-state index is 0.0321. The molecule has 2 N–H and O–H groups in total. The van der Waals surface area contributed by atoms with Crippen molar-refractivity contribution in [1.82, 2.24) is 5.32 Å². The summed E-state index contributed by atoms with van der Waals surface area (Å²) in [6.45, 7) is 0. The third-order valence-electron chi connectivity index (χ3n) is 3.85. The molecule has 1 aliphatic heterocycles. The van der Waals surface area contributed by atoms with Crippen molar-refractivity contribution in [3.63, 3.8) is 0 Å². The predicted octanol–water partition coefficient (Wildman–Crippen LogP) is 2.49. The highest BCUT2D eigenvalue weighted by Gasteiger charge is 2.30. The van der Waals surface area contributed by atoms with Gasteiger partial charge in [-0.2, -0.15) is 0 Å². The van der Waals surface area contributed by atoms with Crippen molar-refractivity contribution in [1.29, 1.82) is 0 Å². The fourth-order valence-electron chi connectivity index (χ4n) is 2.78. The molecule has 1 heterocycles. The minimum Gasteiger partial charge on any atom is -0.478 e. The summed E-state index contributed by atoms with van der Waals surface area (Å²) in [5.74, 6) is 0.0865. The van der Waals surface area contributed by atoms with Crippen LogP contribution in [-0.4, -0.2) is 24.0 Å². The van der Waals surface area contributed by atoms with E-state index >= 15 is 0 Å². The van der Waals surface area contributed by atoms with Gasteiger partial charge in [0.25, 0.3) is 5.91 Å². The van der Waals surface area contributed by atoms with Crippen LogP contribution >= 0.6 is 11.6 Å². The van der Waals surface area contributed by atoms with Crippen LogP contribution in [0.4, 0.5) is 5.69 Å². The van der Waals surface area contributed by atoms with Crippen molar-refractivity contribution < 1.29 is 14.3 Å². The van der Waals surface area contributed by atoms with E-state index in [-0.39, 0.29) is 24.3 Å². The van der Waals surface area contributed by atoms with Crippen molar-refractivity contribution in [2.45, 2.75) is 44.2 Å². The number of anilines is 1. The van der Waals surface area contributed by atoms with E-state index in [0.717, 1.165) is 25.7 Å². The van der Waals surface area contributed by atoms with E-state index in [2.05, 4.69) is 10.6 Å². The Morgan fingerprint density at radius 3 is 2.90 bits per heavy atom. The fraction of sp³-hybridized carbons (Fsp3) is 0.467. The van der Waals surface area contributed by atoms with Crippen molar-refractivity contribution in [3.05, 3.63) is 23.2 Å². The van der Waals surface area contributed by atoms with Gasteiger partial charge in [-0.15, -0.1) is 0 Å². The number of halogens is 1. The minimum atomic E-state index is -0.792. The number of nitrogens with one attached hydrogen (secondary N) is 2. The van der Waals surface area contributed by atoms with Crippen LogP contribution in [0, 0.1) is 0 Å². The Kier molecular flexibility index (Phi) is 4.01. The zero-order chi connectivity index (χ0) is 14.8. The smallest absolute Gasteiger partial charge is 0.266 e. The van der Waals surface area contributed by atoms with Gasteiger partial charge in [0.05, 0.1) is 12.1 Å². The molecule has 1 saturated carbocycles. The first-order chi connectivity index (χ1) is 10.1. The molecular weight excluding hydrogens is 292 g/mol. The number of hydrogen-bond acceptors (Lipinski definition) is 3. The summed E-state index contributed by atoms with van der Waals surface area (Å²) in [5.41, 5.74) is 0.542. The quantitative estimate of drug-likeness (QED) is 0.901. The van der Waals surface area contributed by atoms with Gasteiger partial charge < -0.3 is 15.4 Å². The standard InChI is InChI=1S/C15H17ClN2O3/c16-9-5-6-12-11(7-9)18-15(20)13(21-12)8-14(19)17-10-3-1-2-4-10/h5-7,10,13H,1-4,8H2,(H,17,19)(H,18,20). The average Bonchev–Trinajstić information content (AvgIpc) is 2.92. The van der Waals surface area contributed by atoms with Crippen molar-refractivity contribution in [3.8, 4) is 5.75 Å². The van der Waals surface area contributed by atoms with Gasteiger partial charge in [-0.1, -0.05) is 24.4 Å². The van der Waals surface area contributed by atoms with Crippen LogP contribution in [0.25, 0.3) is 0 Å². The molecular formula is C15H17ClN2O3. The number of amides is 2. The zero-order valence-electron chi connectivity index (χ0n) is 11.5. The summed E-state index contributed by atoms with van der Waals surface area (Å²) in [6, 6.07) is 5.26. The molecule has 2 aliphatic rings. The van der Waals surface area contributed by atoms with Crippen LogP contribution in [0.5, 0.6) is 5.75 Å². The molecule has 1 aliphatic carbocycles. The summed E-state index contributed by atoms with van der Waals surface area (Å²) in [6.07, 6.45) is 3.58. The maximum Gasteiger partial charge on any atom is 0.266 e. The lowest BCUT2D eigenvalue weighted by Crippen LogP contribution is -2.42. The lowest BCUT2D eigenvalue weighted by molar-refractivity contribution is -0.130. The summed E-state index contributed by atoms with van der Waals surface area (Å²) in [5, 5.41) is 6.20. The second kappa shape index (κ2) is 5.93. The maximum absolute atomic E-state index is 12.0. The van der Waals surface area contributed by atoms with Crippen LogP contribution in [0.2, 0.25) is 5.02 Å². The van der Waals surface area contributed by atoms with Gasteiger partial charge in [-0.3, -0.25) is 9.59 Å². The van der Waals surface area contributed by atoms with Crippen molar-refractivity contribution in [2.24, 2.45) is 0 Å². The summed E-state index contributed by atoms with van der Waals surface area (Å²) in [4.78, 5) is 24.0. The normalized spacial score (nSPS) is 21.4. The number of fused-ring (bicyclic) bond motifs is 1. The molecule has 6 heteroatoms. The molecule has 0 spiro atoms. The van der Waals surface area contributed by atoms with E-state index in [0.29, 0.717) is 16.5 Å². The molecule has 1 fully saturated rings. The van der Waals surface area contributed by atoms with Gasteiger partial charge >= 0.3 is 0 Å². The van der Waals surface area contributed by atoms with E-state index in [9.17, 15) is 9.59 Å². The monoisotopic (exact) mass is 308 g/mol. The number of ether oxygens (including phenoxy) is 1. The van der Waals surface area contributed by atoms with E-state index in [1.807, 2.05) is 0 Å². The van der Waals surface area contributed by atoms with Crippen LogP contribution < -0.4 is 15.4 Å². The number of benzene rings is 1. The van der Waals surface area contributed by atoms with Gasteiger partial charge in [0.2, 0.25) is 5.91 Å². The Morgan fingerprint density at radius 1 is 1.38 bits per heavy atom. The molecule has 5 nitrogen and oxygen atoms in total. The Morgan fingerprint density at radius 2 is 2.14 bits per heavy atom. The molecule has 1 unspecified atom stereocenters. The molecule has 1 aromatic carbocycles. The van der Waals surface area contributed by atoms with Gasteiger partial charge in [0, 0.05) is 11.1 Å². The molecule has 1 aromatic rings. The summed E-state index contributed by atoms with van der Waals surface area (Å²) in [7, 11) is 0. The Bertz CT molecular complexity index is 570. The second-order valence-electron chi connectivity index (χ2n) is 5.49. The summed E-state index contributed by atoms with van der Waals surface area (Å²) < 4.78 is 5.60. The number of carbonyl (C=O) groups excluding carboxylic acids is 2. The first kappa shape index (κ1) is 14.2. The summed E-state index contributed by atoms with van der Waals surface area (Å²) >= 11 is 5.87. The molecule has 2 amide bonds. The van der Waals surface area contributed by atoms with Crippen LogP contribution in [0.15, 0.2) is 18.2 Å². The van der Waals surface area contributed by atoms with Gasteiger partial charge in [0.15, 0.2) is 6.10 Å². The van der Waals surface area contributed by atoms with Crippen LogP contribution in [0.3, 0.4) is 0 Å². The SMILES string of the molecule is O=C(CC1Oc2ccc(Cl)cc2NC1=O)NC1CCCC1. The Hall–Kier alpha value is -1.75. The van der Waals surface area contributed by atoms with Crippen LogP contribution in [0.1, 0.15) is 32.1 Å². The number of carbonyl (C=O) groups is 2. The van der Waals surface area contributed by atoms with Gasteiger partial charge in [-0.25, -0.2) is 0 Å². The molecule has 0 aromatic heterocycles. The highest BCUT2D eigenvalue weighted by atomic mass is 35.5. The molecule has 21 heavy (non-hydrogen) atoms. The van der Waals surface area contributed by atoms with E-state index < -0.39 is 6.10 Å². The lowest BCUT2D eigenvalue weighted by atomic mass is 10.1. The van der Waals surface area contributed by atoms with Crippen LogP contribution in [-0.2, 0) is 9.59 Å². The molecule has 0 saturated heterocycles. The van der Waals surface area contributed by atoms with Gasteiger partial charge in [-0.05, 0) is 31.0 Å². The Balaban J connectivity index is 1.62. The molecule has 0 bridgehead atoms. The predicted molar refractivity (Wildman–Crippen MR) is 79.5 cm³/mol. The zero-order valence-corrected chi connectivity index (χ0v) is 12.3. The van der Waals surface area contributed by atoms with Gasteiger partial charge in [0.1, 0.15) is 5.75 Å². The fourth-order valence-corrected chi connectivity index (χ4v) is 2.95. The molecule has 0 radical (unpaired) electrons. The highest BCUT2D eigenvalue weighted by molar-refractivity contribution is 6.31. The third kappa shape index (κ3) is 3.29. The lowest BCUT2D eigenvalue weighted by Gasteiger charge is -2.26. The van der Waals surface area contributed by atoms with Crippen molar-refractivity contribution >= 4 is 29.1 Å². The third-order valence-corrected chi connectivity index (χ3v) is 4.09. The average molecular weight is 309 g/mol. The molecule has 3 rings (SSSR count). The maximum atomic E-state index is 12.0. The first-order valence-electron chi connectivity index (χ1n) is 7.18. The van der Waals surface area contributed by atoms with E-state index in [4.69, 9.17) is 16.3 Å². The first-order valence-corrected chi connectivity index (χ1v) is 7.56. The molecule has 112 valence electrons. The van der Waals surface area contributed by atoms with Crippen molar-refractivity contribution in [2.75, 3.05) is 5.32 Å². The number of hydrogen-bond donors (Lipinski definition) is 2.